The maximum atomic E-state index is 9.59. The van der Waals surface area contributed by atoms with E-state index in [0.29, 0.717) is 5.92 Å². The Morgan fingerprint density at radius 2 is 2.18 bits per heavy atom. The number of piperidine rings is 1. The molecule has 2 atom stereocenters. The molecular formula is C13H26N2O2. The van der Waals surface area contributed by atoms with E-state index in [1.54, 1.807) is 0 Å². The Hall–Kier alpha value is -0.160. The summed E-state index contributed by atoms with van der Waals surface area (Å²) < 4.78 is 5.51. The second-order valence-electron chi connectivity index (χ2n) is 5.86. The van der Waals surface area contributed by atoms with Crippen LogP contribution in [0.2, 0.25) is 0 Å². The number of nitrogens with zero attached hydrogens (tertiary/aromatic N) is 1. The van der Waals surface area contributed by atoms with Gasteiger partial charge in [-0.25, -0.2) is 0 Å². The molecule has 2 unspecified atom stereocenters. The molecule has 4 nitrogen and oxygen atoms in total. The van der Waals surface area contributed by atoms with Crippen LogP contribution in [-0.4, -0.2) is 55.5 Å². The molecule has 0 spiro atoms. The highest BCUT2D eigenvalue weighted by Gasteiger charge is 2.36. The van der Waals surface area contributed by atoms with Crippen LogP contribution in [-0.2, 0) is 4.74 Å². The highest BCUT2D eigenvalue weighted by atomic mass is 16.5. The number of rotatable bonds is 4. The summed E-state index contributed by atoms with van der Waals surface area (Å²) in [5.41, 5.74) is 6.11. The van der Waals surface area contributed by atoms with Crippen molar-refractivity contribution in [1.82, 2.24) is 4.90 Å². The molecule has 2 heterocycles. The van der Waals surface area contributed by atoms with E-state index in [4.69, 9.17) is 10.5 Å². The van der Waals surface area contributed by atoms with E-state index in [-0.39, 0.29) is 11.5 Å². The molecular weight excluding hydrogens is 216 g/mol. The van der Waals surface area contributed by atoms with Crippen LogP contribution in [0.1, 0.15) is 26.2 Å². The Morgan fingerprint density at radius 1 is 1.47 bits per heavy atom. The number of hydrogen-bond acceptors (Lipinski definition) is 4. The molecule has 0 saturated carbocycles. The van der Waals surface area contributed by atoms with E-state index in [1.165, 1.54) is 0 Å². The average Bonchev–Trinajstić information content (AvgIpc) is 2.79. The number of aliphatic hydroxyl groups excluding tert-OH is 1. The van der Waals surface area contributed by atoms with Crippen LogP contribution in [0.5, 0.6) is 0 Å². The maximum Gasteiger partial charge on any atom is 0.0547 e. The first-order valence-electron chi connectivity index (χ1n) is 6.83. The second-order valence-corrected chi connectivity index (χ2v) is 5.86. The van der Waals surface area contributed by atoms with Gasteiger partial charge in [-0.3, -0.25) is 0 Å². The zero-order chi connectivity index (χ0) is 12.3. The number of hydrogen-bond donors (Lipinski definition) is 2. The predicted octanol–water partition coefficient (Wildman–Crippen LogP) is 0.445. The average molecular weight is 242 g/mol. The van der Waals surface area contributed by atoms with Crippen molar-refractivity contribution in [2.75, 3.05) is 39.4 Å². The van der Waals surface area contributed by atoms with Gasteiger partial charge < -0.3 is 20.5 Å². The van der Waals surface area contributed by atoms with Gasteiger partial charge in [0.1, 0.15) is 0 Å². The first-order chi connectivity index (χ1) is 8.15. The van der Waals surface area contributed by atoms with Gasteiger partial charge in [-0.15, -0.1) is 0 Å². The normalized spacial score (nSPS) is 34.1. The standard InChI is InChI=1S/C13H26N2O2/c1-11(16)12-2-5-15(6-3-12)9-13(8-14)4-7-17-10-13/h11-12,16H,2-10,14H2,1H3. The lowest BCUT2D eigenvalue weighted by Gasteiger charge is -2.38. The van der Waals surface area contributed by atoms with E-state index in [2.05, 4.69) is 4.90 Å². The summed E-state index contributed by atoms with van der Waals surface area (Å²) >= 11 is 0. The van der Waals surface area contributed by atoms with Gasteiger partial charge in [0.25, 0.3) is 0 Å². The molecule has 0 aliphatic carbocycles. The topological polar surface area (TPSA) is 58.7 Å². The summed E-state index contributed by atoms with van der Waals surface area (Å²) in [4.78, 5) is 2.50. The van der Waals surface area contributed by atoms with Crippen LogP contribution in [0.25, 0.3) is 0 Å². The molecule has 4 heteroatoms. The molecule has 0 aromatic carbocycles. The summed E-state index contributed by atoms with van der Waals surface area (Å²) in [6, 6.07) is 0. The third kappa shape index (κ3) is 3.19. The summed E-state index contributed by atoms with van der Waals surface area (Å²) in [5.74, 6) is 0.486. The van der Waals surface area contributed by atoms with Crippen molar-refractivity contribution in [1.29, 1.82) is 0 Å². The van der Waals surface area contributed by atoms with Gasteiger partial charge in [0.05, 0.1) is 12.7 Å². The molecule has 0 aromatic heterocycles. The van der Waals surface area contributed by atoms with Crippen molar-refractivity contribution >= 4 is 0 Å². The first kappa shape index (κ1) is 13.3. The fraction of sp³-hybridized carbons (Fsp3) is 1.00. The van der Waals surface area contributed by atoms with Gasteiger partial charge in [0.2, 0.25) is 0 Å². The number of nitrogens with two attached hydrogens (primary N) is 1. The fourth-order valence-corrected chi connectivity index (χ4v) is 3.07. The van der Waals surface area contributed by atoms with Gasteiger partial charge in [0.15, 0.2) is 0 Å². The molecule has 2 aliphatic heterocycles. The molecule has 0 amide bonds. The second kappa shape index (κ2) is 5.65. The number of likely N-dealkylation sites (tertiary alicyclic amines) is 1. The highest BCUT2D eigenvalue weighted by Crippen LogP contribution is 2.30. The molecule has 3 N–H and O–H groups in total. The minimum absolute atomic E-state index is 0.157. The largest absolute Gasteiger partial charge is 0.393 e. The lowest BCUT2D eigenvalue weighted by molar-refractivity contribution is 0.0496. The quantitative estimate of drug-likeness (QED) is 0.751. The van der Waals surface area contributed by atoms with E-state index in [1.807, 2.05) is 6.92 Å². The molecule has 0 bridgehead atoms. The van der Waals surface area contributed by atoms with Crippen LogP contribution in [0.4, 0.5) is 0 Å². The van der Waals surface area contributed by atoms with Crippen LogP contribution >= 0.6 is 0 Å². The van der Waals surface area contributed by atoms with Crippen molar-refractivity contribution in [3.05, 3.63) is 0 Å². The zero-order valence-corrected chi connectivity index (χ0v) is 10.9. The van der Waals surface area contributed by atoms with Crippen molar-refractivity contribution in [3.8, 4) is 0 Å². The zero-order valence-electron chi connectivity index (χ0n) is 10.9. The summed E-state index contributed by atoms with van der Waals surface area (Å²) in [6.45, 7) is 7.57. The summed E-state index contributed by atoms with van der Waals surface area (Å²) in [5, 5.41) is 9.59. The van der Waals surface area contributed by atoms with Crippen LogP contribution in [0.15, 0.2) is 0 Å². The van der Waals surface area contributed by atoms with Crippen molar-refractivity contribution in [2.45, 2.75) is 32.3 Å². The number of ether oxygens (including phenoxy) is 1. The molecule has 2 rings (SSSR count). The lowest BCUT2D eigenvalue weighted by Crippen LogP contribution is -2.46. The van der Waals surface area contributed by atoms with Gasteiger partial charge in [-0.1, -0.05) is 0 Å². The molecule has 2 aliphatic rings. The van der Waals surface area contributed by atoms with Gasteiger partial charge in [-0.2, -0.15) is 0 Å². The molecule has 2 saturated heterocycles. The van der Waals surface area contributed by atoms with E-state index >= 15 is 0 Å². The third-order valence-corrected chi connectivity index (χ3v) is 4.49. The lowest BCUT2D eigenvalue weighted by atomic mass is 9.85. The monoisotopic (exact) mass is 242 g/mol. The summed E-state index contributed by atoms with van der Waals surface area (Å²) in [6.07, 6.45) is 3.16. The molecule has 0 radical (unpaired) electrons. The first-order valence-corrected chi connectivity index (χ1v) is 6.83. The maximum absolute atomic E-state index is 9.59. The minimum atomic E-state index is -0.157. The number of aliphatic hydroxyl groups is 1. The van der Waals surface area contributed by atoms with Gasteiger partial charge >= 0.3 is 0 Å². The Morgan fingerprint density at radius 3 is 2.65 bits per heavy atom. The van der Waals surface area contributed by atoms with E-state index in [9.17, 15) is 5.11 Å². The SMILES string of the molecule is CC(O)C1CCN(CC2(CN)CCOC2)CC1. The molecule has 100 valence electrons. The third-order valence-electron chi connectivity index (χ3n) is 4.49. The molecule has 17 heavy (non-hydrogen) atoms. The predicted molar refractivity (Wildman–Crippen MR) is 67.8 cm³/mol. The fourth-order valence-electron chi connectivity index (χ4n) is 3.07. The van der Waals surface area contributed by atoms with E-state index in [0.717, 1.165) is 58.7 Å². The van der Waals surface area contributed by atoms with Gasteiger partial charge in [0, 0.05) is 25.1 Å². The van der Waals surface area contributed by atoms with Crippen molar-refractivity contribution in [3.63, 3.8) is 0 Å². The van der Waals surface area contributed by atoms with Gasteiger partial charge in [-0.05, 0) is 45.2 Å². The summed E-state index contributed by atoms with van der Waals surface area (Å²) in [7, 11) is 0. The van der Waals surface area contributed by atoms with Crippen LogP contribution < -0.4 is 5.73 Å². The smallest absolute Gasteiger partial charge is 0.0547 e. The van der Waals surface area contributed by atoms with Crippen molar-refractivity contribution < 1.29 is 9.84 Å². The Balaban J connectivity index is 1.81. The van der Waals surface area contributed by atoms with E-state index < -0.39 is 0 Å². The highest BCUT2D eigenvalue weighted by molar-refractivity contribution is 4.89. The Kier molecular flexibility index (Phi) is 4.42. The molecule has 0 aromatic rings. The van der Waals surface area contributed by atoms with Crippen molar-refractivity contribution in [2.24, 2.45) is 17.1 Å². The van der Waals surface area contributed by atoms with Crippen LogP contribution in [0, 0.1) is 11.3 Å². The van der Waals surface area contributed by atoms with Crippen LogP contribution in [0.3, 0.4) is 0 Å². The Labute approximate surface area is 104 Å². The Bertz CT molecular complexity index is 232. The minimum Gasteiger partial charge on any atom is -0.393 e. The molecule has 2 fully saturated rings.